The van der Waals surface area contributed by atoms with E-state index in [1.165, 1.54) is 11.3 Å². The number of nitrogens with one attached hydrogen (secondary N) is 1. The first-order valence-corrected chi connectivity index (χ1v) is 9.68. The van der Waals surface area contributed by atoms with Crippen molar-refractivity contribution in [1.82, 2.24) is 24.6 Å². The Hall–Kier alpha value is -3.00. The van der Waals surface area contributed by atoms with Crippen LogP contribution in [-0.2, 0) is 11.8 Å². The summed E-state index contributed by atoms with van der Waals surface area (Å²) in [6, 6.07) is 5.72. The standard InChI is InChI=1S/C19H20N6OS/c1-24-12-14(11-21-24)7-8-18(26)25-10-4-5-16(25)15-13-27-19(22-15)23-17-6-2-3-9-20-17/h2-3,6-9,11-13,16H,4-5,10H2,1H3,(H,20,22,23)/b8-7+/t16-/m1/s1. The number of carbonyl (C=O) groups is 1. The molecule has 1 aliphatic heterocycles. The van der Waals surface area contributed by atoms with Crippen LogP contribution in [0.1, 0.15) is 30.1 Å². The van der Waals surface area contributed by atoms with Gasteiger partial charge in [-0.2, -0.15) is 5.10 Å². The smallest absolute Gasteiger partial charge is 0.247 e. The van der Waals surface area contributed by atoms with E-state index in [9.17, 15) is 4.79 Å². The van der Waals surface area contributed by atoms with Crippen molar-refractivity contribution in [2.75, 3.05) is 11.9 Å². The lowest BCUT2D eigenvalue weighted by Crippen LogP contribution is -2.29. The van der Waals surface area contributed by atoms with E-state index >= 15 is 0 Å². The number of anilines is 2. The highest BCUT2D eigenvalue weighted by Crippen LogP contribution is 2.34. The molecule has 1 aliphatic rings. The fraction of sp³-hybridized carbons (Fsp3) is 0.263. The number of nitrogens with zero attached hydrogens (tertiary/aromatic N) is 5. The fourth-order valence-corrected chi connectivity index (χ4v) is 3.93. The molecule has 27 heavy (non-hydrogen) atoms. The first-order chi connectivity index (χ1) is 13.2. The van der Waals surface area contributed by atoms with Gasteiger partial charge < -0.3 is 10.2 Å². The van der Waals surface area contributed by atoms with Crippen LogP contribution < -0.4 is 5.32 Å². The fourth-order valence-electron chi connectivity index (χ4n) is 3.17. The average Bonchev–Trinajstić information content (AvgIpc) is 3.41. The Morgan fingerprint density at radius 1 is 1.41 bits per heavy atom. The first-order valence-electron chi connectivity index (χ1n) is 8.80. The van der Waals surface area contributed by atoms with Crippen LogP contribution in [0.2, 0.25) is 0 Å². The Bertz CT molecular complexity index is 948. The molecule has 1 amide bonds. The predicted molar refractivity (Wildman–Crippen MR) is 106 cm³/mol. The zero-order valence-corrected chi connectivity index (χ0v) is 15.8. The number of pyridine rings is 1. The molecule has 0 bridgehead atoms. The summed E-state index contributed by atoms with van der Waals surface area (Å²) in [4.78, 5) is 23.5. The molecule has 0 spiro atoms. The molecule has 3 aromatic rings. The van der Waals surface area contributed by atoms with Crippen LogP contribution in [0.5, 0.6) is 0 Å². The molecule has 0 aromatic carbocycles. The van der Waals surface area contributed by atoms with E-state index in [1.54, 1.807) is 29.2 Å². The number of hydrogen-bond acceptors (Lipinski definition) is 6. The number of aromatic nitrogens is 4. The second kappa shape index (κ2) is 7.71. The molecule has 0 aliphatic carbocycles. The molecule has 1 saturated heterocycles. The Morgan fingerprint density at radius 2 is 2.33 bits per heavy atom. The summed E-state index contributed by atoms with van der Waals surface area (Å²) in [6.07, 6.45) is 10.7. The lowest BCUT2D eigenvalue weighted by molar-refractivity contribution is -0.126. The number of amides is 1. The third kappa shape index (κ3) is 4.06. The van der Waals surface area contributed by atoms with Crippen LogP contribution >= 0.6 is 11.3 Å². The second-order valence-corrected chi connectivity index (χ2v) is 7.25. The molecule has 1 fully saturated rings. The lowest BCUT2D eigenvalue weighted by atomic mass is 10.1. The van der Waals surface area contributed by atoms with Crippen LogP contribution in [-0.4, -0.2) is 37.1 Å². The molecule has 4 rings (SSSR count). The lowest BCUT2D eigenvalue weighted by Gasteiger charge is -2.21. The van der Waals surface area contributed by atoms with Crippen molar-refractivity contribution in [1.29, 1.82) is 0 Å². The predicted octanol–water partition coefficient (Wildman–Crippen LogP) is 3.39. The van der Waals surface area contributed by atoms with Crippen LogP contribution in [0.4, 0.5) is 10.9 Å². The summed E-state index contributed by atoms with van der Waals surface area (Å²) in [6.45, 7) is 0.751. The maximum Gasteiger partial charge on any atom is 0.247 e. The van der Waals surface area contributed by atoms with Gasteiger partial charge in [0, 0.05) is 43.0 Å². The maximum atomic E-state index is 12.7. The Morgan fingerprint density at radius 3 is 3.11 bits per heavy atom. The van der Waals surface area contributed by atoms with Crippen molar-refractivity contribution >= 4 is 34.3 Å². The van der Waals surface area contributed by atoms with E-state index in [0.29, 0.717) is 0 Å². The molecule has 0 radical (unpaired) electrons. The summed E-state index contributed by atoms with van der Waals surface area (Å²) in [5.41, 5.74) is 1.84. The highest BCUT2D eigenvalue weighted by molar-refractivity contribution is 7.13. The normalized spacial score (nSPS) is 16.9. The summed E-state index contributed by atoms with van der Waals surface area (Å²) in [5, 5.41) is 10.1. The molecule has 1 atom stereocenters. The number of aryl methyl sites for hydroxylation is 1. The molecule has 0 saturated carbocycles. The van der Waals surface area contributed by atoms with Gasteiger partial charge in [0.2, 0.25) is 5.91 Å². The Kier molecular flexibility index (Phi) is 4.97. The summed E-state index contributed by atoms with van der Waals surface area (Å²) < 4.78 is 1.72. The Balaban J connectivity index is 1.45. The van der Waals surface area contributed by atoms with Gasteiger partial charge in [-0.1, -0.05) is 6.07 Å². The van der Waals surface area contributed by atoms with Crippen LogP contribution in [0, 0.1) is 0 Å². The van der Waals surface area contributed by atoms with E-state index in [4.69, 9.17) is 0 Å². The van der Waals surface area contributed by atoms with Crippen molar-refractivity contribution in [3.05, 3.63) is 59.5 Å². The number of carbonyl (C=O) groups excluding carboxylic acids is 1. The van der Waals surface area contributed by atoms with Crippen LogP contribution in [0.25, 0.3) is 6.08 Å². The minimum atomic E-state index is 0.00795. The van der Waals surface area contributed by atoms with Crippen molar-refractivity contribution in [3.8, 4) is 0 Å². The molecule has 8 heteroatoms. The molecule has 0 unspecified atom stereocenters. The van der Waals surface area contributed by atoms with Crippen molar-refractivity contribution in [2.45, 2.75) is 18.9 Å². The molecular weight excluding hydrogens is 360 g/mol. The third-order valence-corrected chi connectivity index (χ3v) is 5.22. The maximum absolute atomic E-state index is 12.7. The number of thiazole rings is 1. The van der Waals surface area contributed by atoms with Crippen LogP contribution in [0.15, 0.2) is 48.2 Å². The van der Waals surface area contributed by atoms with E-state index in [0.717, 1.165) is 41.6 Å². The molecule has 4 heterocycles. The largest absolute Gasteiger partial charge is 0.331 e. The zero-order chi connectivity index (χ0) is 18.6. The van der Waals surface area contributed by atoms with E-state index < -0.39 is 0 Å². The van der Waals surface area contributed by atoms with E-state index in [-0.39, 0.29) is 11.9 Å². The minimum Gasteiger partial charge on any atom is -0.331 e. The molecule has 1 N–H and O–H groups in total. The minimum absolute atomic E-state index is 0.00795. The summed E-state index contributed by atoms with van der Waals surface area (Å²) in [7, 11) is 1.86. The Labute approximate surface area is 161 Å². The molecule has 7 nitrogen and oxygen atoms in total. The third-order valence-electron chi connectivity index (χ3n) is 4.44. The topological polar surface area (TPSA) is 75.9 Å². The molecular formula is C19H20N6OS. The highest BCUT2D eigenvalue weighted by Gasteiger charge is 2.30. The average molecular weight is 380 g/mol. The van der Waals surface area contributed by atoms with Gasteiger partial charge >= 0.3 is 0 Å². The van der Waals surface area contributed by atoms with Gasteiger partial charge in [-0.05, 0) is 31.1 Å². The number of likely N-dealkylation sites (tertiary alicyclic amines) is 1. The zero-order valence-electron chi connectivity index (χ0n) is 14.9. The number of hydrogen-bond donors (Lipinski definition) is 1. The van der Waals surface area contributed by atoms with Crippen molar-refractivity contribution < 1.29 is 4.79 Å². The van der Waals surface area contributed by atoms with Gasteiger partial charge in [0.05, 0.1) is 17.9 Å². The van der Waals surface area contributed by atoms with E-state index in [1.807, 2.05) is 41.7 Å². The van der Waals surface area contributed by atoms with Gasteiger partial charge in [0.15, 0.2) is 5.13 Å². The van der Waals surface area contributed by atoms with E-state index in [2.05, 4.69) is 20.4 Å². The summed E-state index contributed by atoms with van der Waals surface area (Å²) in [5.74, 6) is 0.769. The quantitative estimate of drug-likeness (QED) is 0.687. The molecule has 138 valence electrons. The van der Waals surface area contributed by atoms with Gasteiger partial charge in [0.1, 0.15) is 5.82 Å². The second-order valence-electron chi connectivity index (χ2n) is 6.39. The van der Waals surface area contributed by atoms with Gasteiger partial charge in [-0.3, -0.25) is 9.48 Å². The summed E-state index contributed by atoms with van der Waals surface area (Å²) >= 11 is 1.53. The highest BCUT2D eigenvalue weighted by atomic mass is 32.1. The SMILES string of the molecule is Cn1cc(/C=C/C(=O)N2CCC[C@@H]2c2csc(Nc3ccccn3)n2)cn1. The van der Waals surface area contributed by atoms with Gasteiger partial charge in [-0.25, -0.2) is 9.97 Å². The van der Waals surface area contributed by atoms with Gasteiger partial charge in [-0.15, -0.1) is 11.3 Å². The number of rotatable bonds is 5. The van der Waals surface area contributed by atoms with Crippen LogP contribution in [0.3, 0.4) is 0 Å². The van der Waals surface area contributed by atoms with Gasteiger partial charge in [0.25, 0.3) is 0 Å². The van der Waals surface area contributed by atoms with Crippen molar-refractivity contribution in [3.63, 3.8) is 0 Å². The molecule has 3 aromatic heterocycles. The first kappa shape index (κ1) is 17.4. The monoisotopic (exact) mass is 380 g/mol. The van der Waals surface area contributed by atoms with Crippen molar-refractivity contribution in [2.24, 2.45) is 7.05 Å².